The summed E-state index contributed by atoms with van der Waals surface area (Å²) in [4.78, 5) is 0. The van der Waals surface area contributed by atoms with Gasteiger partial charge in [-0.25, -0.2) is 0 Å². The smallest absolute Gasteiger partial charge is 0.0682 e. The molecule has 112 valence electrons. The highest BCUT2D eigenvalue weighted by atomic mass is 28.3. The second-order valence-electron chi connectivity index (χ2n) is 7.11. The molecule has 0 aliphatic heterocycles. The summed E-state index contributed by atoms with van der Waals surface area (Å²) >= 11 is 0. The normalized spacial score (nSPS) is 12.2. The van der Waals surface area contributed by atoms with Gasteiger partial charge in [0.1, 0.15) is 8.07 Å². The second-order valence-corrected chi connectivity index (χ2v) is 17.3. The standard InChI is InChI=1S/C18H28Si3/c1-19(2)15-11-7-9-13-17(15)21(5,6)18-14-10-8-12-16(18)20(3)4/h7-14,19-20H,1-6H3. The van der Waals surface area contributed by atoms with E-state index in [9.17, 15) is 0 Å². The number of rotatable bonds is 4. The summed E-state index contributed by atoms with van der Waals surface area (Å²) in [6.45, 7) is 14.9. The third-order valence-corrected chi connectivity index (χ3v) is 12.2. The van der Waals surface area contributed by atoms with Gasteiger partial charge >= 0.3 is 0 Å². The van der Waals surface area contributed by atoms with E-state index in [1.807, 2.05) is 0 Å². The molecular weight excluding hydrogens is 300 g/mol. The zero-order chi connectivity index (χ0) is 15.6. The van der Waals surface area contributed by atoms with E-state index in [0.29, 0.717) is 0 Å². The SMILES string of the molecule is C[SiH](C)c1ccccc1[Si](C)(C)c1ccccc1[SiH](C)C. The van der Waals surface area contributed by atoms with Gasteiger partial charge in [0, 0.05) is 0 Å². The Kier molecular flexibility index (Phi) is 5.07. The minimum atomic E-state index is -1.60. The van der Waals surface area contributed by atoms with Gasteiger partial charge in [0.2, 0.25) is 0 Å². The average Bonchev–Trinajstić information content (AvgIpc) is 2.47. The molecule has 0 saturated heterocycles. The van der Waals surface area contributed by atoms with Crippen molar-refractivity contribution < 1.29 is 0 Å². The van der Waals surface area contributed by atoms with E-state index in [1.165, 1.54) is 0 Å². The first-order valence-electron chi connectivity index (χ1n) is 8.04. The third kappa shape index (κ3) is 3.30. The number of hydrogen-bond acceptors (Lipinski definition) is 0. The molecule has 2 aromatic rings. The molecule has 0 aliphatic carbocycles. The zero-order valence-electron chi connectivity index (χ0n) is 14.3. The molecule has 21 heavy (non-hydrogen) atoms. The molecule has 0 saturated carbocycles. The van der Waals surface area contributed by atoms with Gasteiger partial charge in [0.15, 0.2) is 0 Å². The van der Waals surface area contributed by atoms with Crippen LogP contribution in [-0.4, -0.2) is 25.7 Å². The lowest BCUT2D eigenvalue weighted by atomic mass is 10.3. The van der Waals surface area contributed by atoms with E-state index in [0.717, 1.165) is 0 Å². The van der Waals surface area contributed by atoms with Gasteiger partial charge in [-0.3, -0.25) is 0 Å². The molecule has 0 aliphatic rings. The summed E-state index contributed by atoms with van der Waals surface area (Å²) in [5.41, 5.74) is 0. The predicted octanol–water partition coefficient (Wildman–Crippen LogP) is 1.90. The average molecular weight is 329 g/mol. The molecule has 0 amide bonds. The molecule has 0 nitrogen and oxygen atoms in total. The maximum Gasteiger partial charge on any atom is 0.111 e. The van der Waals surface area contributed by atoms with Crippen LogP contribution in [0.5, 0.6) is 0 Å². The Labute approximate surface area is 134 Å². The van der Waals surface area contributed by atoms with Crippen LogP contribution < -0.4 is 20.7 Å². The summed E-state index contributed by atoms with van der Waals surface area (Å²) in [6.07, 6.45) is 0. The van der Waals surface area contributed by atoms with Crippen LogP contribution in [0, 0.1) is 0 Å². The second kappa shape index (κ2) is 6.46. The Morgan fingerprint density at radius 1 is 0.619 bits per heavy atom. The molecule has 3 heteroatoms. The van der Waals surface area contributed by atoms with Crippen molar-refractivity contribution in [3.8, 4) is 0 Å². The van der Waals surface area contributed by atoms with Gasteiger partial charge in [-0.15, -0.1) is 0 Å². The molecule has 0 radical (unpaired) electrons. The van der Waals surface area contributed by atoms with Crippen LogP contribution in [0.2, 0.25) is 39.3 Å². The van der Waals surface area contributed by atoms with E-state index >= 15 is 0 Å². The molecule has 2 rings (SSSR count). The van der Waals surface area contributed by atoms with Crippen LogP contribution in [0.4, 0.5) is 0 Å². The van der Waals surface area contributed by atoms with Gasteiger partial charge in [-0.2, -0.15) is 0 Å². The van der Waals surface area contributed by atoms with Crippen molar-refractivity contribution in [2.24, 2.45) is 0 Å². The Morgan fingerprint density at radius 3 is 1.29 bits per heavy atom. The molecule has 0 atom stereocenters. The van der Waals surface area contributed by atoms with Gasteiger partial charge < -0.3 is 0 Å². The van der Waals surface area contributed by atoms with Crippen molar-refractivity contribution in [1.82, 2.24) is 0 Å². The summed E-state index contributed by atoms with van der Waals surface area (Å²) < 4.78 is 0. The lowest BCUT2D eigenvalue weighted by molar-refractivity contribution is 1.69. The maximum absolute atomic E-state index is 2.54. The first-order valence-corrected chi connectivity index (χ1v) is 16.8. The Morgan fingerprint density at radius 2 is 0.952 bits per heavy atom. The van der Waals surface area contributed by atoms with Crippen molar-refractivity contribution >= 4 is 46.4 Å². The van der Waals surface area contributed by atoms with Crippen molar-refractivity contribution in [2.45, 2.75) is 39.3 Å². The summed E-state index contributed by atoms with van der Waals surface area (Å²) in [5.74, 6) is 0. The Balaban J connectivity index is 2.63. The maximum atomic E-state index is 2.54. The first-order chi connectivity index (χ1) is 9.85. The molecule has 0 fully saturated rings. The Bertz CT molecular complexity index is 562. The van der Waals surface area contributed by atoms with Crippen molar-refractivity contribution in [3.63, 3.8) is 0 Å². The highest BCUT2D eigenvalue weighted by molar-refractivity contribution is 7.05. The quantitative estimate of drug-likeness (QED) is 0.752. The van der Waals surface area contributed by atoms with E-state index in [4.69, 9.17) is 0 Å². The highest BCUT2D eigenvalue weighted by Gasteiger charge is 2.31. The van der Waals surface area contributed by atoms with Crippen molar-refractivity contribution in [3.05, 3.63) is 48.5 Å². The lowest BCUT2D eigenvalue weighted by Gasteiger charge is -2.30. The van der Waals surface area contributed by atoms with Crippen molar-refractivity contribution in [1.29, 1.82) is 0 Å². The molecule has 0 N–H and O–H groups in total. The van der Waals surface area contributed by atoms with Gasteiger partial charge in [0.25, 0.3) is 0 Å². The molecule has 0 aromatic heterocycles. The van der Waals surface area contributed by atoms with Crippen LogP contribution in [0.25, 0.3) is 0 Å². The topological polar surface area (TPSA) is 0 Å². The van der Waals surface area contributed by atoms with E-state index in [2.05, 4.69) is 87.8 Å². The fourth-order valence-corrected chi connectivity index (χ4v) is 12.5. The minimum Gasteiger partial charge on any atom is -0.0682 e. The predicted molar refractivity (Wildman–Crippen MR) is 107 cm³/mol. The fraction of sp³-hybridized carbons (Fsp3) is 0.333. The molecule has 0 bridgehead atoms. The minimum absolute atomic E-state index is 0.786. The molecule has 2 aromatic carbocycles. The van der Waals surface area contributed by atoms with Crippen molar-refractivity contribution in [2.75, 3.05) is 0 Å². The van der Waals surface area contributed by atoms with Crippen LogP contribution in [0.3, 0.4) is 0 Å². The van der Waals surface area contributed by atoms with Gasteiger partial charge in [-0.05, 0) is 0 Å². The van der Waals surface area contributed by atoms with Gasteiger partial charge in [-0.1, -0.05) is 109 Å². The number of benzene rings is 2. The zero-order valence-corrected chi connectivity index (χ0v) is 17.6. The van der Waals surface area contributed by atoms with E-state index in [-0.39, 0.29) is 0 Å². The molecule has 0 unspecified atom stereocenters. The molecule has 0 spiro atoms. The van der Waals surface area contributed by atoms with Crippen LogP contribution >= 0.6 is 0 Å². The summed E-state index contributed by atoms with van der Waals surface area (Å²) in [7, 11) is -3.17. The lowest BCUT2D eigenvalue weighted by Crippen LogP contribution is -2.65. The largest absolute Gasteiger partial charge is 0.111 e. The summed E-state index contributed by atoms with van der Waals surface area (Å²) in [5, 5.41) is 6.70. The van der Waals surface area contributed by atoms with E-state index < -0.39 is 25.7 Å². The van der Waals surface area contributed by atoms with Crippen LogP contribution in [0.1, 0.15) is 0 Å². The number of hydrogen-bond donors (Lipinski definition) is 0. The highest BCUT2D eigenvalue weighted by Crippen LogP contribution is 2.04. The van der Waals surface area contributed by atoms with Gasteiger partial charge in [0.05, 0.1) is 17.6 Å². The third-order valence-electron chi connectivity index (χ3n) is 4.51. The van der Waals surface area contributed by atoms with E-state index in [1.54, 1.807) is 20.7 Å². The summed E-state index contributed by atoms with van der Waals surface area (Å²) in [6, 6.07) is 18.5. The van der Waals surface area contributed by atoms with Crippen LogP contribution in [-0.2, 0) is 0 Å². The first kappa shape index (κ1) is 16.5. The fourth-order valence-electron chi connectivity index (χ4n) is 3.28. The monoisotopic (exact) mass is 328 g/mol. The Hall–Kier alpha value is -0.909. The van der Waals surface area contributed by atoms with Crippen LogP contribution in [0.15, 0.2) is 48.5 Å². The molecule has 0 heterocycles. The molecular formula is C18H28Si3.